The van der Waals surface area contributed by atoms with E-state index in [1.54, 1.807) is 29.8 Å². The molecule has 0 saturated heterocycles. The van der Waals surface area contributed by atoms with Gasteiger partial charge in [-0.1, -0.05) is 0 Å². The van der Waals surface area contributed by atoms with E-state index in [9.17, 15) is 4.79 Å². The standard InChI is InChI=1S/C16H17NO2S2/c1-10(2)19-13-5-11(7-17-8-13)16(18)15-6-12-9-20-4-3-14(12)21-15/h5-8,10H,3-4,9H2,1-2H3. The second-order valence-electron chi connectivity index (χ2n) is 5.27. The molecule has 1 aliphatic rings. The molecule has 0 unspecified atom stereocenters. The van der Waals surface area contributed by atoms with Gasteiger partial charge < -0.3 is 4.74 Å². The first kappa shape index (κ1) is 14.6. The Hall–Kier alpha value is -1.33. The van der Waals surface area contributed by atoms with E-state index >= 15 is 0 Å². The van der Waals surface area contributed by atoms with E-state index in [0.717, 1.165) is 22.8 Å². The average molecular weight is 319 g/mol. The fourth-order valence-corrected chi connectivity index (χ4v) is 4.62. The van der Waals surface area contributed by atoms with Gasteiger partial charge in [0.2, 0.25) is 5.78 Å². The van der Waals surface area contributed by atoms with Crippen LogP contribution in [-0.2, 0) is 12.2 Å². The SMILES string of the molecule is CC(C)Oc1cncc(C(=O)c2cc3c(s2)CCSC3)c1. The monoisotopic (exact) mass is 319 g/mol. The Balaban J connectivity index is 1.86. The third kappa shape index (κ3) is 3.30. The van der Waals surface area contributed by atoms with Crippen LogP contribution in [-0.4, -0.2) is 22.6 Å². The first-order valence-electron chi connectivity index (χ1n) is 6.99. The van der Waals surface area contributed by atoms with Gasteiger partial charge >= 0.3 is 0 Å². The Morgan fingerprint density at radius 2 is 2.19 bits per heavy atom. The van der Waals surface area contributed by atoms with E-state index < -0.39 is 0 Å². The van der Waals surface area contributed by atoms with Crippen molar-refractivity contribution in [2.24, 2.45) is 0 Å². The lowest BCUT2D eigenvalue weighted by Crippen LogP contribution is -2.07. The summed E-state index contributed by atoms with van der Waals surface area (Å²) in [5, 5.41) is 0. The first-order valence-corrected chi connectivity index (χ1v) is 8.96. The largest absolute Gasteiger partial charge is 0.489 e. The van der Waals surface area contributed by atoms with E-state index in [-0.39, 0.29) is 11.9 Å². The van der Waals surface area contributed by atoms with E-state index in [1.165, 1.54) is 10.4 Å². The number of carbonyl (C=O) groups excluding carboxylic acids is 1. The maximum absolute atomic E-state index is 12.6. The zero-order chi connectivity index (χ0) is 14.8. The summed E-state index contributed by atoms with van der Waals surface area (Å²) < 4.78 is 5.61. The van der Waals surface area contributed by atoms with Crippen molar-refractivity contribution in [2.75, 3.05) is 5.75 Å². The Morgan fingerprint density at radius 1 is 1.33 bits per heavy atom. The summed E-state index contributed by atoms with van der Waals surface area (Å²) in [5.74, 6) is 2.86. The molecule has 0 radical (unpaired) electrons. The molecule has 3 heterocycles. The van der Waals surface area contributed by atoms with Crippen LogP contribution in [0.3, 0.4) is 0 Å². The first-order chi connectivity index (χ1) is 10.1. The number of ketones is 1. The van der Waals surface area contributed by atoms with Crippen molar-refractivity contribution < 1.29 is 9.53 Å². The summed E-state index contributed by atoms with van der Waals surface area (Å²) >= 11 is 3.56. The maximum Gasteiger partial charge on any atom is 0.204 e. The van der Waals surface area contributed by atoms with Crippen LogP contribution in [0.15, 0.2) is 24.5 Å². The minimum atomic E-state index is 0.0427. The average Bonchev–Trinajstić information content (AvgIpc) is 2.90. The van der Waals surface area contributed by atoms with Crippen LogP contribution < -0.4 is 4.74 Å². The smallest absolute Gasteiger partial charge is 0.204 e. The van der Waals surface area contributed by atoms with Crippen LogP contribution in [0, 0.1) is 0 Å². The number of fused-ring (bicyclic) bond motifs is 1. The van der Waals surface area contributed by atoms with Gasteiger partial charge in [0.15, 0.2) is 0 Å². The molecule has 0 amide bonds. The topological polar surface area (TPSA) is 39.2 Å². The summed E-state index contributed by atoms with van der Waals surface area (Å²) in [6.45, 7) is 3.92. The highest BCUT2D eigenvalue weighted by Gasteiger charge is 2.19. The Labute approximate surface area is 132 Å². The summed E-state index contributed by atoms with van der Waals surface area (Å²) in [6.07, 6.45) is 4.41. The van der Waals surface area contributed by atoms with Gasteiger partial charge in [0.25, 0.3) is 0 Å². The molecule has 5 heteroatoms. The lowest BCUT2D eigenvalue weighted by Gasteiger charge is -2.09. The van der Waals surface area contributed by atoms with Crippen LogP contribution in [0.25, 0.3) is 0 Å². The van der Waals surface area contributed by atoms with Crippen molar-refractivity contribution in [3.8, 4) is 5.75 Å². The van der Waals surface area contributed by atoms with Crippen molar-refractivity contribution in [3.63, 3.8) is 0 Å². The van der Waals surface area contributed by atoms with Crippen molar-refractivity contribution in [3.05, 3.63) is 45.4 Å². The second-order valence-corrected chi connectivity index (χ2v) is 7.51. The minimum absolute atomic E-state index is 0.0427. The molecule has 110 valence electrons. The lowest BCUT2D eigenvalue weighted by molar-refractivity contribution is 0.104. The molecule has 21 heavy (non-hydrogen) atoms. The molecular weight excluding hydrogens is 302 g/mol. The number of hydrogen-bond donors (Lipinski definition) is 0. The van der Waals surface area contributed by atoms with Crippen LogP contribution in [0.5, 0.6) is 5.75 Å². The Morgan fingerprint density at radius 3 is 2.95 bits per heavy atom. The number of thioether (sulfide) groups is 1. The predicted molar refractivity (Wildman–Crippen MR) is 87.6 cm³/mol. The number of nitrogens with zero attached hydrogens (tertiary/aromatic N) is 1. The Bertz CT molecular complexity index is 641. The molecule has 0 N–H and O–H groups in total. The van der Waals surface area contributed by atoms with Crippen molar-refractivity contribution in [1.29, 1.82) is 0 Å². The predicted octanol–water partition coefficient (Wildman–Crippen LogP) is 3.95. The van der Waals surface area contributed by atoms with Gasteiger partial charge in [0.1, 0.15) is 5.75 Å². The highest BCUT2D eigenvalue weighted by Crippen LogP contribution is 2.32. The molecule has 0 saturated carbocycles. The van der Waals surface area contributed by atoms with Crippen molar-refractivity contribution in [1.82, 2.24) is 4.98 Å². The second kappa shape index (κ2) is 6.20. The van der Waals surface area contributed by atoms with Gasteiger partial charge in [0.05, 0.1) is 17.2 Å². The quantitative estimate of drug-likeness (QED) is 0.800. The maximum atomic E-state index is 12.6. The zero-order valence-corrected chi connectivity index (χ0v) is 13.7. The van der Waals surface area contributed by atoms with E-state index in [4.69, 9.17) is 4.74 Å². The van der Waals surface area contributed by atoms with E-state index in [1.807, 2.05) is 31.7 Å². The molecule has 2 aromatic heterocycles. The minimum Gasteiger partial charge on any atom is -0.489 e. The lowest BCUT2D eigenvalue weighted by atomic mass is 10.1. The molecule has 2 aromatic rings. The van der Waals surface area contributed by atoms with Crippen LogP contribution in [0.4, 0.5) is 0 Å². The number of pyridine rings is 1. The van der Waals surface area contributed by atoms with Crippen LogP contribution in [0.2, 0.25) is 0 Å². The molecule has 0 aliphatic carbocycles. The fraction of sp³-hybridized carbons (Fsp3) is 0.375. The van der Waals surface area contributed by atoms with E-state index in [0.29, 0.717) is 11.3 Å². The molecule has 0 fully saturated rings. The molecule has 3 nitrogen and oxygen atoms in total. The Kier molecular flexibility index (Phi) is 4.31. The number of ether oxygens (including phenoxy) is 1. The molecule has 1 aliphatic heterocycles. The van der Waals surface area contributed by atoms with Gasteiger partial charge in [-0.3, -0.25) is 9.78 Å². The van der Waals surface area contributed by atoms with Gasteiger partial charge in [-0.25, -0.2) is 0 Å². The van der Waals surface area contributed by atoms with Crippen molar-refractivity contribution >= 4 is 28.9 Å². The van der Waals surface area contributed by atoms with Gasteiger partial charge in [-0.2, -0.15) is 11.8 Å². The van der Waals surface area contributed by atoms with Gasteiger partial charge in [-0.05, 0) is 43.7 Å². The van der Waals surface area contributed by atoms with Gasteiger partial charge in [-0.15, -0.1) is 11.3 Å². The normalized spacial score (nSPS) is 14.0. The highest BCUT2D eigenvalue weighted by molar-refractivity contribution is 7.98. The van der Waals surface area contributed by atoms with Crippen molar-refractivity contribution in [2.45, 2.75) is 32.1 Å². The molecule has 0 aromatic carbocycles. The summed E-state index contributed by atoms with van der Waals surface area (Å²) in [4.78, 5) is 18.9. The number of aryl methyl sites for hydroxylation is 1. The zero-order valence-electron chi connectivity index (χ0n) is 12.1. The fourth-order valence-electron chi connectivity index (χ4n) is 2.28. The summed E-state index contributed by atoms with van der Waals surface area (Å²) in [6, 6.07) is 3.83. The van der Waals surface area contributed by atoms with Gasteiger partial charge in [0, 0.05) is 22.4 Å². The number of rotatable bonds is 4. The summed E-state index contributed by atoms with van der Waals surface area (Å²) in [7, 11) is 0. The third-order valence-corrected chi connectivity index (χ3v) is 5.44. The number of carbonyl (C=O) groups is 1. The highest BCUT2D eigenvalue weighted by atomic mass is 32.2. The summed E-state index contributed by atoms with van der Waals surface area (Å²) in [5.41, 5.74) is 1.92. The third-order valence-electron chi connectivity index (χ3n) is 3.20. The van der Waals surface area contributed by atoms with Crippen LogP contribution >= 0.6 is 23.1 Å². The number of hydrogen-bond acceptors (Lipinski definition) is 5. The van der Waals surface area contributed by atoms with Crippen LogP contribution in [0.1, 0.15) is 39.5 Å². The molecule has 0 atom stereocenters. The van der Waals surface area contributed by atoms with E-state index in [2.05, 4.69) is 4.98 Å². The molecule has 3 rings (SSSR count). The molecule has 0 spiro atoms. The number of thiophene rings is 1. The number of aromatic nitrogens is 1. The molecular formula is C16H17NO2S2. The molecule has 0 bridgehead atoms.